The molecule has 7 heteroatoms. The molecule has 0 aliphatic carbocycles. The normalized spacial score (nSPS) is 13.1. The van der Waals surface area contributed by atoms with E-state index in [9.17, 15) is 13.8 Å². The molecule has 0 saturated carbocycles. The van der Waals surface area contributed by atoms with Crippen LogP contribution in [0.2, 0.25) is 0 Å². The first-order valence-electron chi connectivity index (χ1n) is 6.33. The van der Waals surface area contributed by atoms with Gasteiger partial charge in [0.05, 0.1) is 20.1 Å². The number of hydrogen-bond acceptors (Lipinski definition) is 5. The molecule has 21 heavy (non-hydrogen) atoms. The number of nitrogens with one attached hydrogen (secondary N) is 1. The summed E-state index contributed by atoms with van der Waals surface area (Å²) < 4.78 is 21.4. The lowest BCUT2D eigenvalue weighted by molar-refractivity contribution is -0.144. The highest BCUT2D eigenvalue weighted by atomic mass is 32.2. The standard InChI is InChI=1S/C14H19NO5S/c1-10(14(17)20-3)8-21(18)9-13(16)15-11-4-6-12(19-2)7-5-11/h4-7,10H,8-9H2,1-3H3,(H,15,16). The molecular formula is C14H19NO5S. The Labute approximate surface area is 126 Å². The average molecular weight is 313 g/mol. The van der Waals surface area contributed by atoms with Crippen molar-refractivity contribution in [2.45, 2.75) is 6.92 Å². The van der Waals surface area contributed by atoms with E-state index in [4.69, 9.17) is 4.74 Å². The number of esters is 1. The smallest absolute Gasteiger partial charge is 0.309 e. The first-order chi connectivity index (χ1) is 9.96. The lowest BCUT2D eigenvalue weighted by Gasteiger charge is -2.09. The second kappa shape index (κ2) is 8.41. The van der Waals surface area contributed by atoms with Crippen LogP contribution in [0.1, 0.15) is 6.92 Å². The largest absolute Gasteiger partial charge is 0.497 e. The molecule has 0 bridgehead atoms. The van der Waals surface area contributed by atoms with Gasteiger partial charge in [-0.05, 0) is 24.3 Å². The van der Waals surface area contributed by atoms with Gasteiger partial charge in [-0.2, -0.15) is 0 Å². The Morgan fingerprint density at radius 2 is 1.86 bits per heavy atom. The van der Waals surface area contributed by atoms with Gasteiger partial charge in [-0.15, -0.1) is 0 Å². The molecular weight excluding hydrogens is 294 g/mol. The quantitative estimate of drug-likeness (QED) is 0.765. The van der Waals surface area contributed by atoms with Crippen LogP contribution in [0.3, 0.4) is 0 Å². The number of carbonyl (C=O) groups excluding carboxylic acids is 2. The van der Waals surface area contributed by atoms with Crippen LogP contribution in [0.15, 0.2) is 24.3 Å². The highest BCUT2D eigenvalue weighted by Gasteiger charge is 2.18. The predicted molar refractivity (Wildman–Crippen MR) is 80.7 cm³/mol. The molecule has 6 nitrogen and oxygen atoms in total. The monoisotopic (exact) mass is 313 g/mol. The molecule has 1 aromatic carbocycles. The maximum atomic E-state index is 11.8. The highest BCUT2D eigenvalue weighted by Crippen LogP contribution is 2.14. The van der Waals surface area contributed by atoms with Crippen molar-refractivity contribution < 1.29 is 23.3 Å². The van der Waals surface area contributed by atoms with Gasteiger partial charge >= 0.3 is 5.97 Å². The van der Waals surface area contributed by atoms with E-state index in [1.807, 2.05) is 0 Å². The maximum Gasteiger partial charge on any atom is 0.309 e. The van der Waals surface area contributed by atoms with Gasteiger partial charge in [-0.25, -0.2) is 0 Å². The van der Waals surface area contributed by atoms with Crippen molar-refractivity contribution in [1.82, 2.24) is 0 Å². The van der Waals surface area contributed by atoms with Crippen molar-refractivity contribution in [2.24, 2.45) is 5.92 Å². The SMILES string of the molecule is COC(=O)C(C)CS(=O)CC(=O)Nc1ccc(OC)cc1. The van der Waals surface area contributed by atoms with Gasteiger partial charge in [0.1, 0.15) is 11.5 Å². The third kappa shape index (κ3) is 5.95. The number of amides is 1. The molecule has 1 amide bonds. The van der Waals surface area contributed by atoms with E-state index < -0.39 is 22.7 Å². The molecule has 0 spiro atoms. The number of methoxy groups -OCH3 is 2. The zero-order chi connectivity index (χ0) is 15.8. The number of benzene rings is 1. The van der Waals surface area contributed by atoms with Gasteiger partial charge in [0, 0.05) is 22.2 Å². The first kappa shape index (κ1) is 17.2. The number of rotatable bonds is 7. The topological polar surface area (TPSA) is 81.7 Å². The van der Waals surface area contributed by atoms with Gasteiger partial charge in [-0.1, -0.05) is 6.92 Å². The fourth-order valence-electron chi connectivity index (χ4n) is 1.62. The van der Waals surface area contributed by atoms with E-state index in [1.54, 1.807) is 38.3 Å². The van der Waals surface area contributed by atoms with Crippen LogP contribution < -0.4 is 10.1 Å². The van der Waals surface area contributed by atoms with Gasteiger partial charge in [-0.3, -0.25) is 13.8 Å². The fourth-order valence-corrected chi connectivity index (χ4v) is 2.80. The minimum absolute atomic E-state index is 0.0999. The van der Waals surface area contributed by atoms with Gasteiger partial charge in [0.2, 0.25) is 5.91 Å². The van der Waals surface area contributed by atoms with E-state index in [1.165, 1.54) is 7.11 Å². The Morgan fingerprint density at radius 1 is 1.24 bits per heavy atom. The lowest BCUT2D eigenvalue weighted by atomic mass is 10.2. The zero-order valence-corrected chi connectivity index (χ0v) is 13.1. The molecule has 1 rings (SSSR count). The summed E-state index contributed by atoms with van der Waals surface area (Å²) in [7, 11) is 1.41. The Bertz CT molecular complexity index is 515. The molecule has 0 aromatic heterocycles. The summed E-state index contributed by atoms with van der Waals surface area (Å²) in [5.74, 6) is -0.668. The molecule has 2 unspecified atom stereocenters. The molecule has 0 aliphatic rings. The Balaban J connectivity index is 2.45. The summed E-state index contributed by atoms with van der Waals surface area (Å²) >= 11 is 0. The molecule has 0 aliphatic heterocycles. The van der Waals surface area contributed by atoms with Crippen molar-refractivity contribution in [2.75, 3.05) is 31.0 Å². The summed E-state index contributed by atoms with van der Waals surface area (Å²) in [6.45, 7) is 1.62. The Morgan fingerprint density at radius 3 is 2.38 bits per heavy atom. The van der Waals surface area contributed by atoms with E-state index >= 15 is 0 Å². The van der Waals surface area contributed by atoms with Crippen LogP contribution in [0, 0.1) is 5.92 Å². The van der Waals surface area contributed by atoms with Gasteiger partial charge < -0.3 is 14.8 Å². The number of hydrogen-bond donors (Lipinski definition) is 1. The van der Waals surface area contributed by atoms with Crippen molar-refractivity contribution in [1.29, 1.82) is 0 Å². The molecule has 1 aromatic rings. The summed E-state index contributed by atoms with van der Waals surface area (Å²) in [5.41, 5.74) is 0.596. The van der Waals surface area contributed by atoms with E-state index in [0.29, 0.717) is 11.4 Å². The van der Waals surface area contributed by atoms with Crippen molar-refractivity contribution >= 4 is 28.4 Å². The van der Waals surface area contributed by atoms with Gasteiger partial charge in [0.15, 0.2) is 0 Å². The predicted octanol–water partition coefficient (Wildman–Crippen LogP) is 1.19. The van der Waals surface area contributed by atoms with E-state index in [2.05, 4.69) is 10.1 Å². The van der Waals surface area contributed by atoms with Crippen LogP contribution in [0.25, 0.3) is 0 Å². The summed E-state index contributed by atoms with van der Waals surface area (Å²) in [5, 5.41) is 2.64. The first-order valence-corrected chi connectivity index (χ1v) is 7.81. The van der Waals surface area contributed by atoms with Crippen molar-refractivity contribution in [3.8, 4) is 5.75 Å². The van der Waals surface area contributed by atoms with E-state index in [-0.39, 0.29) is 17.4 Å². The number of ether oxygens (including phenoxy) is 2. The average Bonchev–Trinajstić information content (AvgIpc) is 2.46. The Kier molecular flexibility index (Phi) is 6.87. The third-order valence-corrected chi connectivity index (χ3v) is 4.16. The van der Waals surface area contributed by atoms with Crippen LogP contribution >= 0.6 is 0 Å². The summed E-state index contributed by atoms with van der Waals surface area (Å²) in [6, 6.07) is 6.81. The molecule has 116 valence electrons. The molecule has 0 radical (unpaired) electrons. The second-order valence-corrected chi connectivity index (χ2v) is 5.95. The van der Waals surface area contributed by atoms with E-state index in [0.717, 1.165) is 0 Å². The molecule has 2 atom stereocenters. The molecule has 0 heterocycles. The second-order valence-electron chi connectivity index (χ2n) is 4.45. The summed E-state index contributed by atoms with van der Waals surface area (Å²) in [4.78, 5) is 23.0. The third-order valence-electron chi connectivity index (χ3n) is 2.71. The number of anilines is 1. The highest BCUT2D eigenvalue weighted by molar-refractivity contribution is 7.85. The number of carbonyl (C=O) groups is 2. The molecule has 1 N–H and O–H groups in total. The lowest BCUT2D eigenvalue weighted by Crippen LogP contribution is -2.25. The van der Waals surface area contributed by atoms with Crippen molar-refractivity contribution in [3.63, 3.8) is 0 Å². The molecule has 0 saturated heterocycles. The zero-order valence-electron chi connectivity index (χ0n) is 12.3. The minimum atomic E-state index is -1.42. The summed E-state index contributed by atoms with van der Waals surface area (Å²) in [6.07, 6.45) is 0. The van der Waals surface area contributed by atoms with Gasteiger partial charge in [0.25, 0.3) is 0 Å². The molecule has 0 fully saturated rings. The van der Waals surface area contributed by atoms with Crippen LogP contribution in [-0.4, -0.2) is 41.8 Å². The van der Waals surface area contributed by atoms with Crippen LogP contribution in [-0.2, 0) is 25.1 Å². The van der Waals surface area contributed by atoms with Crippen LogP contribution in [0.4, 0.5) is 5.69 Å². The maximum absolute atomic E-state index is 11.8. The van der Waals surface area contributed by atoms with Crippen molar-refractivity contribution in [3.05, 3.63) is 24.3 Å². The fraction of sp³-hybridized carbons (Fsp3) is 0.429. The van der Waals surface area contributed by atoms with Crippen LogP contribution in [0.5, 0.6) is 5.75 Å². The minimum Gasteiger partial charge on any atom is -0.497 e. The Hall–Kier alpha value is -1.89.